The maximum atomic E-state index is 13.4. The van der Waals surface area contributed by atoms with Crippen LogP contribution in [-0.4, -0.2) is 92.5 Å². The Kier molecular flexibility index (Phi) is 10.7. The molecule has 1 fully saturated rings. The van der Waals surface area contributed by atoms with Crippen LogP contribution in [0.4, 0.5) is 16.3 Å². The van der Waals surface area contributed by atoms with Gasteiger partial charge >= 0.3 is 12.0 Å². The van der Waals surface area contributed by atoms with E-state index in [0.29, 0.717) is 47.1 Å². The van der Waals surface area contributed by atoms with Gasteiger partial charge in [-0.05, 0) is 62.6 Å². The first-order chi connectivity index (χ1) is 22.9. The molecule has 0 radical (unpaired) electrons. The number of hydrogen-bond acceptors (Lipinski definition) is 10. The van der Waals surface area contributed by atoms with Crippen molar-refractivity contribution in [3.05, 3.63) is 71.4 Å². The van der Waals surface area contributed by atoms with E-state index in [1.165, 1.54) is 0 Å². The van der Waals surface area contributed by atoms with E-state index in [-0.39, 0.29) is 30.3 Å². The van der Waals surface area contributed by atoms with Crippen LogP contribution in [0.1, 0.15) is 23.1 Å². The summed E-state index contributed by atoms with van der Waals surface area (Å²) in [5, 5.41) is 18.2. The summed E-state index contributed by atoms with van der Waals surface area (Å²) in [4.78, 5) is 43.9. The first kappa shape index (κ1) is 34.4. The molecule has 0 aliphatic carbocycles. The number of hydrogen-bond donors (Lipinski definition) is 5. The van der Waals surface area contributed by atoms with Crippen LogP contribution in [0.5, 0.6) is 11.5 Å². The molecule has 0 saturated carbocycles. The van der Waals surface area contributed by atoms with E-state index in [9.17, 15) is 27.9 Å². The lowest BCUT2D eigenvalue weighted by atomic mass is 10.1. The first-order valence-electron chi connectivity index (χ1n) is 15.2. The molecule has 3 atom stereocenters. The van der Waals surface area contributed by atoms with Gasteiger partial charge in [0, 0.05) is 37.6 Å². The molecule has 1 saturated heterocycles. The average molecular weight is 683 g/mol. The Morgan fingerprint density at radius 1 is 1.06 bits per heavy atom. The van der Waals surface area contributed by atoms with Crippen LogP contribution in [0.2, 0.25) is 0 Å². The Morgan fingerprint density at radius 3 is 2.52 bits per heavy atom. The third-order valence-electron chi connectivity index (χ3n) is 7.87. The normalized spacial score (nSPS) is 17.5. The Bertz CT molecular complexity index is 1750. The topological polar surface area (TPSA) is 198 Å². The minimum atomic E-state index is -4.21. The molecule has 0 unspecified atom stereocenters. The fourth-order valence-electron chi connectivity index (χ4n) is 5.77. The fourth-order valence-corrected chi connectivity index (χ4v) is 7.41. The van der Waals surface area contributed by atoms with Crippen LogP contribution in [0.3, 0.4) is 0 Å². The zero-order valence-electron chi connectivity index (χ0n) is 26.7. The number of sulfonamides is 1. The number of ether oxygens (including phenoxy) is 3. The third-order valence-corrected chi connectivity index (χ3v) is 9.64. The second kappa shape index (κ2) is 14.9. The van der Waals surface area contributed by atoms with Crippen molar-refractivity contribution in [1.29, 1.82) is 0 Å². The summed E-state index contributed by atoms with van der Waals surface area (Å²) < 4.78 is 45.0. The van der Waals surface area contributed by atoms with Crippen molar-refractivity contribution in [2.45, 2.75) is 50.3 Å². The molecule has 3 aromatic rings. The molecule has 3 amide bonds. The van der Waals surface area contributed by atoms with Gasteiger partial charge < -0.3 is 40.2 Å². The van der Waals surface area contributed by atoms with Gasteiger partial charge in [-0.15, -0.1) is 0 Å². The van der Waals surface area contributed by atoms with Crippen molar-refractivity contribution in [3.8, 4) is 11.5 Å². The molecule has 48 heavy (non-hydrogen) atoms. The van der Waals surface area contributed by atoms with Gasteiger partial charge in [0.05, 0.1) is 17.0 Å². The summed E-state index contributed by atoms with van der Waals surface area (Å²) in [6.45, 7) is 4.79. The highest BCUT2D eigenvalue weighted by atomic mass is 32.2. The van der Waals surface area contributed by atoms with Gasteiger partial charge in [0.1, 0.15) is 18.5 Å². The molecule has 3 heterocycles. The molecule has 15 nitrogen and oxygen atoms in total. The molecule has 16 heteroatoms. The first-order valence-corrected chi connectivity index (χ1v) is 16.7. The van der Waals surface area contributed by atoms with E-state index >= 15 is 0 Å². The van der Waals surface area contributed by atoms with Gasteiger partial charge in [-0.1, -0.05) is 23.8 Å². The van der Waals surface area contributed by atoms with E-state index in [1.54, 1.807) is 67.4 Å². The summed E-state index contributed by atoms with van der Waals surface area (Å²) in [5.74, 6) is -0.358. The van der Waals surface area contributed by atoms with E-state index in [4.69, 9.17) is 14.2 Å². The number of benzene rings is 2. The van der Waals surface area contributed by atoms with Gasteiger partial charge in [-0.2, -0.15) is 4.72 Å². The summed E-state index contributed by atoms with van der Waals surface area (Å²) in [7, 11) is -4.21. The Morgan fingerprint density at radius 2 is 1.81 bits per heavy atom. The van der Waals surface area contributed by atoms with Gasteiger partial charge in [0.15, 0.2) is 11.5 Å². The average Bonchev–Trinajstić information content (AvgIpc) is 3.67. The van der Waals surface area contributed by atoms with Crippen molar-refractivity contribution in [2.24, 2.45) is 0 Å². The lowest BCUT2D eigenvalue weighted by Gasteiger charge is -2.25. The molecule has 0 spiro atoms. The number of pyridine rings is 1. The second-order valence-electron chi connectivity index (χ2n) is 11.6. The molecule has 256 valence electrons. The van der Waals surface area contributed by atoms with Crippen LogP contribution >= 0.6 is 0 Å². The number of anilines is 2. The van der Waals surface area contributed by atoms with Gasteiger partial charge in [-0.25, -0.2) is 18.2 Å². The predicted octanol–water partition coefficient (Wildman–Crippen LogP) is 2.39. The number of likely N-dealkylation sites (tertiary alicyclic amines) is 1. The number of carboxylic acid groups (broad SMARTS) is 1. The van der Waals surface area contributed by atoms with Crippen molar-refractivity contribution >= 4 is 39.4 Å². The Balaban J connectivity index is 1.17. The highest BCUT2D eigenvalue weighted by Gasteiger charge is 2.36. The number of urea groups is 1. The van der Waals surface area contributed by atoms with Crippen LogP contribution in [0, 0.1) is 20.8 Å². The van der Waals surface area contributed by atoms with Crippen molar-refractivity contribution < 1.29 is 42.1 Å². The number of aryl methyl sites for hydroxylation is 3. The summed E-state index contributed by atoms with van der Waals surface area (Å²) in [6.07, 6.45) is 1.53. The maximum Gasteiger partial charge on any atom is 0.323 e. The molecule has 2 aromatic carbocycles. The van der Waals surface area contributed by atoms with Crippen LogP contribution in [0.25, 0.3) is 0 Å². The van der Waals surface area contributed by atoms with Crippen molar-refractivity contribution in [2.75, 3.05) is 43.7 Å². The monoisotopic (exact) mass is 682 g/mol. The number of rotatable bonds is 13. The van der Waals surface area contributed by atoms with E-state index in [2.05, 4.69) is 25.7 Å². The molecule has 0 bridgehead atoms. The largest absolute Gasteiger partial charge is 0.480 e. The molecule has 1 aromatic heterocycles. The fraction of sp³-hybridized carbons (Fsp3) is 0.375. The van der Waals surface area contributed by atoms with Gasteiger partial charge in [-0.3, -0.25) is 9.59 Å². The van der Waals surface area contributed by atoms with E-state index in [0.717, 1.165) is 5.56 Å². The lowest BCUT2D eigenvalue weighted by molar-refractivity contribution is -0.139. The number of nitrogens with one attached hydrogen (secondary N) is 4. The third kappa shape index (κ3) is 8.50. The number of carbonyl (C=O) groups excluding carboxylic acids is 2. The van der Waals surface area contributed by atoms with Crippen molar-refractivity contribution in [3.63, 3.8) is 0 Å². The van der Waals surface area contributed by atoms with Crippen LogP contribution in [-0.2, 0) is 24.3 Å². The van der Waals surface area contributed by atoms with Crippen LogP contribution < -0.4 is 30.1 Å². The minimum absolute atomic E-state index is 0.00514. The lowest BCUT2D eigenvalue weighted by Crippen LogP contribution is -2.49. The van der Waals surface area contributed by atoms with Gasteiger partial charge in [0.2, 0.25) is 22.7 Å². The summed E-state index contributed by atoms with van der Waals surface area (Å²) in [6, 6.07) is 11.6. The predicted molar refractivity (Wildman–Crippen MR) is 175 cm³/mol. The quantitative estimate of drug-likeness (QED) is 0.178. The molecule has 5 rings (SSSR count). The molecule has 2 aliphatic rings. The number of nitrogens with zero attached hydrogens (tertiary/aromatic N) is 2. The zero-order valence-corrected chi connectivity index (χ0v) is 27.5. The smallest absolute Gasteiger partial charge is 0.323 e. The maximum absolute atomic E-state index is 13.4. The van der Waals surface area contributed by atoms with Gasteiger partial charge in [0.25, 0.3) is 0 Å². The highest BCUT2D eigenvalue weighted by Crippen LogP contribution is 2.34. The number of aromatic nitrogens is 1. The molecular formula is C32H38N6O9S. The Labute approximate surface area is 278 Å². The van der Waals surface area contributed by atoms with E-state index in [1.807, 2.05) is 13.0 Å². The number of aliphatic carboxylic acids is 1. The molecular weight excluding hydrogens is 644 g/mol. The summed E-state index contributed by atoms with van der Waals surface area (Å²) >= 11 is 0. The van der Waals surface area contributed by atoms with Crippen molar-refractivity contribution in [1.82, 2.24) is 19.9 Å². The molecule has 5 N–H and O–H groups in total. The number of carboxylic acids is 1. The SMILES string of the molecule is Cc1cc(C)c(S(=O)(=O)N[C@@H](CNC(=O)CO[C@@H]2C[C@@H](CNc3ccccn3)N(C(=O)Nc3ccc4c(c3)OCO4)C2)C(=O)O)c(C)c1. The second-order valence-corrected chi connectivity index (χ2v) is 13.3. The number of carbonyl (C=O) groups is 3. The summed E-state index contributed by atoms with van der Waals surface area (Å²) in [5.41, 5.74) is 2.34. The van der Waals surface area contributed by atoms with Crippen LogP contribution in [0.15, 0.2) is 59.6 Å². The highest BCUT2D eigenvalue weighted by molar-refractivity contribution is 7.89. The minimum Gasteiger partial charge on any atom is -0.480 e. The number of amides is 3. The zero-order chi connectivity index (χ0) is 34.4. The molecule has 2 aliphatic heterocycles. The number of fused-ring (bicyclic) bond motifs is 1. The standard InChI is InChI=1S/C32H38N6O9S/c1-19-10-20(2)30(21(3)11-19)48(43,44)37-25(31(40)41)15-35-29(39)17-45-24-13-23(14-34-28-6-4-5-9-33-28)38(16-24)32(42)36-22-7-8-26-27(12-22)47-18-46-26/h4-12,23-25,37H,13-18H2,1-3H3,(H,33,34)(H,35,39)(H,36,42)(H,40,41)/t23-,24+,25-/m0/s1. The Hall–Kier alpha value is -4.93. The van der Waals surface area contributed by atoms with E-state index < -0.39 is 47.2 Å².